The Kier molecular flexibility index (Phi) is 5.56. The lowest BCUT2D eigenvalue weighted by atomic mass is 10.1. The van der Waals surface area contributed by atoms with E-state index >= 15 is 0 Å². The average Bonchev–Trinajstić information content (AvgIpc) is 2.35. The molecule has 3 nitrogen and oxygen atoms in total. The van der Waals surface area contributed by atoms with Gasteiger partial charge in [-0.15, -0.1) is 0 Å². The van der Waals surface area contributed by atoms with Crippen LogP contribution < -0.4 is 10.1 Å². The Morgan fingerprint density at radius 3 is 2.67 bits per heavy atom. The topological polar surface area (TPSA) is 41.5 Å². The van der Waals surface area contributed by atoms with E-state index in [9.17, 15) is 9.50 Å². The Bertz CT molecular complexity index is 380. The minimum Gasteiger partial charge on any atom is -0.488 e. The van der Waals surface area contributed by atoms with Crippen molar-refractivity contribution in [3.05, 3.63) is 29.6 Å². The van der Waals surface area contributed by atoms with Crippen molar-refractivity contribution >= 4 is 0 Å². The summed E-state index contributed by atoms with van der Waals surface area (Å²) in [7, 11) is 0. The van der Waals surface area contributed by atoms with Gasteiger partial charge in [0.2, 0.25) is 0 Å². The third-order valence-corrected chi connectivity index (χ3v) is 2.88. The van der Waals surface area contributed by atoms with Crippen LogP contribution in [0, 0.1) is 5.82 Å². The molecule has 0 aliphatic carbocycles. The fraction of sp³-hybridized carbons (Fsp3) is 0.571. The highest BCUT2D eigenvalue weighted by molar-refractivity contribution is 5.29. The monoisotopic (exact) mass is 255 g/mol. The Labute approximate surface area is 108 Å². The number of halogens is 1. The zero-order valence-electron chi connectivity index (χ0n) is 11.3. The number of hydrogen-bond acceptors (Lipinski definition) is 3. The first-order chi connectivity index (χ1) is 8.48. The van der Waals surface area contributed by atoms with Crippen molar-refractivity contribution < 1.29 is 14.2 Å². The molecule has 1 unspecified atom stereocenters. The molecule has 0 spiro atoms. The van der Waals surface area contributed by atoms with Gasteiger partial charge in [0.25, 0.3) is 0 Å². The molecule has 0 radical (unpaired) electrons. The standard InChI is InChI=1S/C14H22FNO2/c1-4-14(3,17)10-18-13-7-6-11(8-12(13)15)9-16-5-2/h6-8,16-17H,4-5,9-10H2,1-3H3. The molecule has 1 rings (SSSR count). The van der Waals surface area contributed by atoms with Crippen LogP contribution in [0.3, 0.4) is 0 Å². The van der Waals surface area contributed by atoms with E-state index in [0.717, 1.165) is 12.1 Å². The lowest BCUT2D eigenvalue weighted by Gasteiger charge is -2.21. The number of ether oxygens (including phenoxy) is 1. The summed E-state index contributed by atoms with van der Waals surface area (Å²) >= 11 is 0. The quantitative estimate of drug-likeness (QED) is 0.786. The van der Waals surface area contributed by atoms with E-state index in [1.165, 1.54) is 6.07 Å². The predicted octanol–water partition coefficient (Wildman–Crippen LogP) is 2.48. The van der Waals surface area contributed by atoms with Gasteiger partial charge in [-0.1, -0.05) is 19.9 Å². The molecular formula is C14H22FNO2. The molecule has 4 heteroatoms. The van der Waals surface area contributed by atoms with Gasteiger partial charge < -0.3 is 15.2 Å². The van der Waals surface area contributed by atoms with Gasteiger partial charge in [-0.25, -0.2) is 4.39 Å². The van der Waals surface area contributed by atoms with E-state index in [2.05, 4.69) is 5.32 Å². The number of hydrogen-bond donors (Lipinski definition) is 2. The number of rotatable bonds is 7. The zero-order valence-corrected chi connectivity index (χ0v) is 11.3. The maximum absolute atomic E-state index is 13.7. The van der Waals surface area contributed by atoms with Crippen LogP contribution in [-0.4, -0.2) is 23.9 Å². The van der Waals surface area contributed by atoms with Gasteiger partial charge in [-0.05, 0) is 37.6 Å². The van der Waals surface area contributed by atoms with Crippen molar-refractivity contribution in [2.45, 2.75) is 39.3 Å². The molecule has 0 heterocycles. The van der Waals surface area contributed by atoms with Crippen LogP contribution in [0.2, 0.25) is 0 Å². The first-order valence-electron chi connectivity index (χ1n) is 6.33. The van der Waals surface area contributed by atoms with E-state index < -0.39 is 11.4 Å². The third-order valence-electron chi connectivity index (χ3n) is 2.88. The van der Waals surface area contributed by atoms with E-state index in [-0.39, 0.29) is 12.4 Å². The molecule has 0 saturated heterocycles. The lowest BCUT2D eigenvalue weighted by molar-refractivity contribution is 0.00733. The van der Waals surface area contributed by atoms with Gasteiger partial charge in [0.1, 0.15) is 6.61 Å². The van der Waals surface area contributed by atoms with Crippen LogP contribution in [-0.2, 0) is 6.54 Å². The van der Waals surface area contributed by atoms with Crippen molar-refractivity contribution in [1.29, 1.82) is 0 Å². The third kappa shape index (κ3) is 4.63. The maximum Gasteiger partial charge on any atom is 0.165 e. The van der Waals surface area contributed by atoms with E-state index in [1.54, 1.807) is 13.0 Å². The zero-order chi connectivity index (χ0) is 13.6. The molecule has 1 aromatic carbocycles. The number of aliphatic hydroxyl groups is 1. The minimum atomic E-state index is -0.922. The van der Waals surface area contributed by atoms with Crippen molar-refractivity contribution in [1.82, 2.24) is 5.32 Å². The summed E-state index contributed by atoms with van der Waals surface area (Å²) in [6.07, 6.45) is 0.563. The first kappa shape index (κ1) is 14.9. The predicted molar refractivity (Wildman–Crippen MR) is 70.2 cm³/mol. The highest BCUT2D eigenvalue weighted by atomic mass is 19.1. The Hall–Kier alpha value is -1.13. The summed E-state index contributed by atoms with van der Waals surface area (Å²) in [5.74, 6) is -0.207. The second-order valence-corrected chi connectivity index (χ2v) is 4.68. The van der Waals surface area contributed by atoms with Gasteiger partial charge >= 0.3 is 0 Å². The largest absolute Gasteiger partial charge is 0.488 e. The molecular weight excluding hydrogens is 233 g/mol. The summed E-state index contributed by atoms with van der Waals surface area (Å²) in [6, 6.07) is 4.88. The molecule has 0 bridgehead atoms. The average molecular weight is 255 g/mol. The molecule has 18 heavy (non-hydrogen) atoms. The molecule has 0 aliphatic rings. The van der Waals surface area contributed by atoms with Crippen LogP contribution >= 0.6 is 0 Å². The Balaban J connectivity index is 2.62. The fourth-order valence-corrected chi connectivity index (χ4v) is 1.38. The molecule has 2 N–H and O–H groups in total. The van der Waals surface area contributed by atoms with E-state index in [1.807, 2.05) is 19.9 Å². The van der Waals surface area contributed by atoms with Crippen LogP contribution in [0.4, 0.5) is 4.39 Å². The minimum absolute atomic E-state index is 0.0903. The first-order valence-corrected chi connectivity index (χ1v) is 6.33. The van der Waals surface area contributed by atoms with Crippen molar-refractivity contribution in [3.8, 4) is 5.75 Å². The van der Waals surface area contributed by atoms with Crippen molar-refractivity contribution in [2.75, 3.05) is 13.2 Å². The Morgan fingerprint density at radius 2 is 2.11 bits per heavy atom. The van der Waals surface area contributed by atoms with Crippen LogP contribution in [0.5, 0.6) is 5.75 Å². The molecule has 0 fully saturated rings. The summed E-state index contributed by atoms with van der Waals surface area (Å²) in [5, 5.41) is 12.9. The second-order valence-electron chi connectivity index (χ2n) is 4.68. The number of nitrogens with one attached hydrogen (secondary N) is 1. The molecule has 0 amide bonds. The van der Waals surface area contributed by atoms with Gasteiger partial charge in [0, 0.05) is 6.54 Å². The molecule has 0 aromatic heterocycles. The summed E-state index contributed by atoms with van der Waals surface area (Å²) in [5.41, 5.74) is -0.0431. The lowest BCUT2D eigenvalue weighted by Crippen LogP contribution is -2.31. The second kappa shape index (κ2) is 6.71. The van der Waals surface area contributed by atoms with Crippen LogP contribution in [0.1, 0.15) is 32.8 Å². The molecule has 1 aromatic rings. The van der Waals surface area contributed by atoms with Gasteiger partial charge in [-0.2, -0.15) is 0 Å². The van der Waals surface area contributed by atoms with Crippen molar-refractivity contribution in [2.24, 2.45) is 0 Å². The Morgan fingerprint density at radius 1 is 1.39 bits per heavy atom. The summed E-state index contributed by atoms with van der Waals surface area (Å²) < 4.78 is 19.0. The summed E-state index contributed by atoms with van der Waals surface area (Å²) in [4.78, 5) is 0. The highest BCUT2D eigenvalue weighted by Crippen LogP contribution is 2.20. The van der Waals surface area contributed by atoms with Gasteiger partial charge in [-0.3, -0.25) is 0 Å². The highest BCUT2D eigenvalue weighted by Gasteiger charge is 2.19. The van der Waals surface area contributed by atoms with E-state index in [4.69, 9.17) is 4.74 Å². The SMILES string of the molecule is CCNCc1ccc(OCC(C)(O)CC)c(F)c1. The number of benzene rings is 1. The molecule has 1 atom stereocenters. The maximum atomic E-state index is 13.7. The van der Waals surface area contributed by atoms with Crippen LogP contribution in [0.25, 0.3) is 0 Å². The fourth-order valence-electron chi connectivity index (χ4n) is 1.38. The summed E-state index contributed by atoms with van der Waals surface area (Å²) in [6.45, 7) is 7.11. The molecule has 0 saturated carbocycles. The normalized spacial score (nSPS) is 14.3. The van der Waals surface area contributed by atoms with Crippen LogP contribution in [0.15, 0.2) is 18.2 Å². The van der Waals surface area contributed by atoms with E-state index in [0.29, 0.717) is 13.0 Å². The molecule has 0 aliphatic heterocycles. The van der Waals surface area contributed by atoms with Crippen molar-refractivity contribution in [3.63, 3.8) is 0 Å². The van der Waals surface area contributed by atoms with Gasteiger partial charge in [0.15, 0.2) is 11.6 Å². The van der Waals surface area contributed by atoms with Gasteiger partial charge in [0.05, 0.1) is 5.60 Å². The smallest absolute Gasteiger partial charge is 0.165 e. The molecule has 102 valence electrons.